The van der Waals surface area contributed by atoms with E-state index in [9.17, 15) is 9.59 Å². The first-order chi connectivity index (χ1) is 14.4. The van der Waals surface area contributed by atoms with Crippen LogP contribution < -0.4 is 10.3 Å². The summed E-state index contributed by atoms with van der Waals surface area (Å²) in [5, 5.41) is 0.493. The molecule has 0 saturated carbocycles. The Morgan fingerprint density at radius 1 is 0.900 bits per heavy atom. The highest BCUT2D eigenvalue weighted by Crippen LogP contribution is 2.41. The van der Waals surface area contributed by atoms with Crippen LogP contribution in [0.2, 0.25) is 0 Å². The first kappa shape index (κ1) is 18.8. The van der Waals surface area contributed by atoms with Crippen molar-refractivity contribution in [3.8, 4) is 0 Å². The molecule has 148 valence electrons. The molecular formula is C25H18BrNO3. The third-order valence-electron chi connectivity index (χ3n) is 5.50. The predicted octanol–water partition coefficient (Wildman–Crippen LogP) is 5.92. The average Bonchev–Trinajstić information content (AvgIpc) is 3.02. The van der Waals surface area contributed by atoms with Crippen molar-refractivity contribution in [3.05, 3.63) is 109 Å². The minimum absolute atomic E-state index is 0.113. The molecule has 1 unspecified atom stereocenters. The van der Waals surface area contributed by atoms with Gasteiger partial charge in [-0.05, 0) is 55.8 Å². The summed E-state index contributed by atoms with van der Waals surface area (Å²) in [6.07, 6.45) is 0. The average molecular weight is 460 g/mol. The molecule has 0 aliphatic carbocycles. The van der Waals surface area contributed by atoms with Gasteiger partial charge in [0.2, 0.25) is 5.76 Å². The van der Waals surface area contributed by atoms with Crippen LogP contribution in [0.3, 0.4) is 0 Å². The Bertz CT molecular complexity index is 1370. The standard InChI is InChI=1S/C25H18BrNO3/c1-14-6-9-18(10-7-14)27-22(16-4-3-5-17(26)13-16)21-23(28)19-12-15(2)8-11-20(19)30-24(21)25(27)29/h3-13,22H,1-2H3. The predicted molar refractivity (Wildman–Crippen MR) is 121 cm³/mol. The molecule has 0 N–H and O–H groups in total. The minimum Gasteiger partial charge on any atom is -0.450 e. The Labute approximate surface area is 181 Å². The molecule has 3 aromatic carbocycles. The van der Waals surface area contributed by atoms with Crippen LogP contribution in [0.25, 0.3) is 11.0 Å². The molecule has 1 aliphatic heterocycles. The normalized spacial score (nSPS) is 15.6. The van der Waals surface area contributed by atoms with E-state index in [4.69, 9.17) is 4.42 Å². The molecule has 30 heavy (non-hydrogen) atoms. The zero-order valence-electron chi connectivity index (χ0n) is 16.5. The lowest BCUT2D eigenvalue weighted by atomic mass is 9.98. The SMILES string of the molecule is Cc1ccc(N2C(=O)c3oc4ccc(C)cc4c(=O)c3C2c2cccc(Br)c2)cc1. The Hall–Kier alpha value is -3.18. The number of halogens is 1. The Balaban J connectivity index is 1.83. The molecule has 4 nitrogen and oxygen atoms in total. The maximum absolute atomic E-state index is 13.6. The van der Waals surface area contributed by atoms with Gasteiger partial charge in [-0.25, -0.2) is 0 Å². The third-order valence-corrected chi connectivity index (χ3v) is 6.00. The van der Waals surface area contributed by atoms with E-state index >= 15 is 0 Å². The lowest BCUT2D eigenvalue weighted by Gasteiger charge is -2.25. The highest BCUT2D eigenvalue weighted by molar-refractivity contribution is 9.10. The van der Waals surface area contributed by atoms with Gasteiger partial charge in [0, 0.05) is 10.2 Å². The van der Waals surface area contributed by atoms with Crippen LogP contribution in [0, 0.1) is 13.8 Å². The fourth-order valence-corrected chi connectivity index (χ4v) is 4.47. The molecule has 0 fully saturated rings. The van der Waals surface area contributed by atoms with E-state index in [1.807, 2.05) is 74.5 Å². The number of rotatable bonds is 2. The van der Waals surface area contributed by atoms with Gasteiger partial charge in [0.15, 0.2) is 5.43 Å². The van der Waals surface area contributed by atoms with Gasteiger partial charge in [-0.3, -0.25) is 14.5 Å². The summed E-state index contributed by atoms with van der Waals surface area (Å²) < 4.78 is 6.89. The molecule has 1 aliphatic rings. The smallest absolute Gasteiger partial charge is 0.295 e. The maximum atomic E-state index is 13.6. The molecule has 0 spiro atoms. The summed E-state index contributed by atoms with van der Waals surface area (Å²) in [6.45, 7) is 3.93. The van der Waals surface area contributed by atoms with E-state index in [1.54, 1.807) is 11.0 Å². The van der Waals surface area contributed by atoms with Crippen LogP contribution >= 0.6 is 15.9 Å². The first-order valence-electron chi connectivity index (χ1n) is 9.67. The van der Waals surface area contributed by atoms with Gasteiger partial charge in [0.1, 0.15) is 5.58 Å². The van der Waals surface area contributed by atoms with Crippen LogP contribution in [-0.2, 0) is 0 Å². The van der Waals surface area contributed by atoms with Gasteiger partial charge >= 0.3 is 0 Å². The fourth-order valence-electron chi connectivity index (χ4n) is 4.05. The number of carbonyl (C=O) groups excluding carboxylic acids is 1. The number of hydrogen-bond donors (Lipinski definition) is 0. The summed E-state index contributed by atoms with van der Waals surface area (Å²) in [7, 11) is 0. The number of fused-ring (bicyclic) bond motifs is 2. The number of hydrogen-bond acceptors (Lipinski definition) is 3. The van der Waals surface area contributed by atoms with Gasteiger partial charge in [-0.2, -0.15) is 0 Å². The van der Waals surface area contributed by atoms with E-state index < -0.39 is 6.04 Å². The van der Waals surface area contributed by atoms with Gasteiger partial charge < -0.3 is 4.42 Å². The minimum atomic E-state index is -0.561. The molecule has 0 bridgehead atoms. The summed E-state index contributed by atoms with van der Waals surface area (Å²) in [6, 6.07) is 20.3. The van der Waals surface area contributed by atoms with E-state index in [-0.39, 0.29) is 17.1 Å². The highest BCUT2D eigenvalue weighted by Gasteiger charge is 2.43. The number of anilines is 1. The molecule has 4 aromatic rings. The van der Waals surface area contributed by atoms with Crippen molar-refractivity contribution in [2.24, 2.45) is 0 Å². The van der Waals surface area contributed by atoms with Crippen LogP contribution in [0.1, 0.15) is 38.9 Å². The van der Waals surface area contributed by atoms with E-state index in [0.29, 0.717) is 16.5 Å². The first-order valence-corrected chi connectivity index (χ1v) is 10.5. The maximum Gasteiger partial charge on any atom is 0.295 e. The zero-order chi connectivity index (χ0) is 21.0. The molecule has 5 heteroatoms. The second-order valence-corrected chi connectivity index (χ2v) is 8.56. The van der Waals surface area contributed by atoms with Crippen molar-refractivity contribution in [2.45, 2.75) is 19.9 Å². The van der Waals surface area contributed by atoms with Gasteiger partial charge in [0.05, 0.1) is 17.0 Å². The zero-order valence-corrected chi connectivity index (χ0v) is 18.1. The Morgan fingerprint density at radius 2 is 1.63 bits per heavy atom. The van der Waals surface area contributed by atoms with E-state index in [1.165, 1.54) is 0 Å². The van der Waals surface area contributed by atoms with Crippen molar-refractivity contribution < 1.29 is 9.21 Å². The van der Waals surface area contributed by atoms with Crippen LogP contribution in [-0.4, -0.2) is 5.91 Å². The van der Waals surface area contributed by atoms with Gasteiger partial charge in [-0.15, -0.1) is 0 Å². The summed E-state index contributed by atoms with van der Waals surface area (Å²) in [4.78, 5) is 28.7. The van der Waals surface area contributed by atoms with Crippen molar-refractivity contribution >= 4 is 38.5 Å². The van der Waals surface area contributed by atoms with Crippen molar-refractivity contribution in [3.63, 3.8) is 0 Å². The Morgan fingerprint density at radius 3 is 2.37 bits per heavy atom. The number of nitrogens with zero attached hydrogens (tertiary/aromatic N) is 1. The molecule has 1 aromatic heterocycles. The van der Waals surface area contributed by atoms with Crippen LogP contribution in [0.4, 0.5) is 5.69 Å². The largest absolute Gasteiger partial charge is 0.450 e. The number of benzene rings is 3. The number of amides is 1. The lowest BCUT2D eigenvalue weighted by molar-refractivity contribution is 0.0971. The second kappa shape index (κ2) is 6.96. The summed E-state index contributed by atoms with van der Waals surface area (Å²) in [5.41, 5.74) is 4.28. The van der Waals surface area contributed by atoms with Crippen molar-refractivity contribution in [2.75, 3.05) is 4.90 Å². The quantitative estimate of drug-likeness (QED) is 0.373. The van der Waals surface area contributed by atoms with Gasteiger partial charge in [-0.1, -0.05) is 57.4 Å². The van der Waals surface area contributed by atoms with Crippen molar-refractivity contribution in [1.29, 1.82) is 0 Å². The molecular weight excluding hydrogens is 442 g/mol. The molecule has 5 rings (SSSR count). The summed E-state index contributed by atoms with van der Waals surface area (Å²) in [5.74, 6) is -0.194. The molecule has 1 amide bonds. The van der Waals surface area contributed by atoms with Gasteiger partial charge in [0.25, 0.3) is 5.91 Å². The monoisotopic (exact) mass is 459 g/mol. The fraction of sp³-hybridized carbons (Fsp3) is 0.120. The van der Waals surface area contributed by atoms with Crippen LogP contribution in [0.15, 0.2) is 80.4 Å². The number of aryl methyl sites for hydroxylation is 2. The third kappa shape index (κ3) is 2.89. The lowest BCUT2D eigenvalue weighted by Crippen LogP contribution is -2.29. The Kier molecular flexibility index (Phi) is 4.36. The van der Waals surface area contributed by atoms with E-state index in [2.05, 4.69) is 15.9 Å². The van der Waals surface area contributed by atoms with Crippen molar-refractivity contribution in [1.82, 2.24) is 0 Å². The molecule has 1 atom stereocenters. The van der Waals surface area contributed by atoms with E-state index in [0.717, 1.165) is 26.9 Å². The second-order valence-electron chi connectivity index (χ2n) is 7.64. The highest BCUT2D eigenvalue weighted by atomic mass is 79.9. The molecule has 0 saturated heterocycles. The number of carbonyl (C=O) groups is 1. The molecule has 2 heterocycles. The van der Waals surface area contributed by atoms with Crippen LogP contribution in [0.5, 0.6) is 0 Å². The topological polar surface area (TPSA) is 50.5 Å². The molecule has 0 radical (unpaired) electrons. The summed E-state index contributed by atoms with van der Waals surface area (Å²) >= 11 is 3.51.